The summed E-state index contributed by atoms with van der Waals surface area (Å²) in [4.78, 5) is 29.5. The summed E-state index contributed by atoms with van der Waals surface area (Å²) >= 11 is 5.84. The highest BCUT2D eigenvalue weighted by atomic mass is 35.5. The lowest BCUT2D eigenvalue weighted by molar-refractivity contribution is -0.116. The van der Waals surface area contributed by atoms with E-state index < -0.39 is 0 Å². The van der Waals surface area contributed by atoms with Gasteiger partial charge < -0.3 is 5.32 Å². The Morgan fingerprint density at radius 3 is 2.62 bits per heavy atom. The molecule has 0 radical (unpaired) electrons. The Kier molecular flexibility index (Phi) is 4.90. The molecule has 1 amide bonds. The lowest BCUT2D eigenvalue weighted by Crippen LogP contribution is -2.27. The van der Waals surface area contributed by atoms with Crippen LogP contribution in [0, 0.1) is 13.8 Å². The standard InChI is InChI=1S/C21H18ClN5O2/c1-13-3-8-18(14(2)9-13)27-20-17(10-24-27)21(29)26(12-23-20)11-19(28)25-16-6-4-15(22)5-7-16/h3-10,12H,11H2,1-2H3,(H,25,28). The van der Waals surface area contributed by atoms with Crippen LogP contribution in [0.5, 0.6) is 0 Å². The zero-order valence-electron chi connectivity index (χ0n) is 15.9. The summed E-state index contributed by atoms with van der Waals surface area (Å²) < 4.78 is 2.91. The van der Waals surface area contributed by atoms with Crippen LogP contribution >= 0.6 is 11.6 Å². The number of anilines is 1. The summed E-state index contributed by atoms with van der Waals surface area (Å²) in [6.45, 7) is 3.85. The third-order valence-electron chi connectivity index (χ3n) is 4.58. The van der Waals surface area contributed by atoms with E-state index >= 15 is 0 Å². The number of hydrogen-bond acceptors (Lipinski definition) is 4. The van der Waals surface area contributed by atoms with Crippen LogP contribution in [0.4, 0.5) is 5.69 Å². The Morgan fingerprint density at radius 2 is 1.90 bits per heavy atom. The summed E-state index contributed by atoms with van der Waals surface area (Å²) in [5, 5.41) is 8.00. The van der Waals surface area contributed by atoms with E-state index in [2.05, 4.69) is 15.4 Å². The summed E-state index contributed by atoms with van der Waals surface area (Å²) in [6, 6.07) is 12.7. The van der Waals surface area contributed by atoms with Crippen LogP contribution in [-0.2, 0) is 11.3 Å². The van der Waals surface area contributed by atoms with Gasteiger partial charge in [-0.25, -0.2) is 9.67 Å². The molecule has 0 fully saturated rings. The minimum absolute atomic E-state index is 0.154. The number of fused-ring (bicyclic) bond motifs is 1. The minimum atomic E-state index is -0.336. The first-order valence-corrected chi connectivity index (χ1v) is 9.36. The van der Waals surface area contributed by atoms with Gasteiger partial charge in [-0.3, -0.25) is 14.2 Å². The molecule has 1 N–H and O–H groups in total. The number of aromatic nitrogens is 4. The van der Waals surface area contributed by atoms with E-state index in [9.17, 15) is 9.59 Å². The third kappa shape index (κ3) is 3.77. The average molecular weight is 408 g/mol. The Bertz CT molecular complexity index is 1270. The number of aryl methyl sites for hydroxylation is 2. The molecule has 0 aliphatic carbocycles. The number of hydrogen-bond donors (Lipinski definition) is 1. The fourth-order valence-electron chi connectivity index (χ4n) is 3.17. The normalized spacial score (nSPS) is 11.0. The predicted molar refractivity (Wildman–Crippen MR) is 113 cm³/mol. The van der Waals surface area contributed by atoms with Crippen LogP contribution in [0.1, 0.15) is 11.1 Å². The van der Waals surface area contributed by atoms with E-state index in [1.54, 1.807) is 28.9 Å². The van der Waals surface area contributed by atoms with Crippen LogP contribution in [0.15, 0.2) is 59.8 Å². The van der Waals surface area contributed by atoms with Crippen molar-refractivity contribution in [3.63, 3.8) is 0 Å². The van der Waals surface area contributed by atoms with Crippen molar-refractivity contribution in [2.24, 2.45) is 0 Å². The Balaban J connectivity index is 1.62. The molecule has 4 aromatic rings. The maximum absolute atomic E-state index is 12.8. The van der Waals surface area contributed by atoms with E-state index in [1.165, 1.54) is 17.1 Å². The third-order valence-corrected chi connectivity index (χ3v) is 4.83. The topological polar surface area (TPSA) is 81.8 Å². The van der Waals surface area contributed by atoms with Crippen molar-refractivity contribution >= 4 is 34.2 Å². The molecule has 0 saturated carbocycles. The molecule has 0 bridgehead atoms. The number of halogens is 1. The second-order valence-corrected chi connectivity index (χ2v) is 7.25. The maximum Gasteiger partial charge on any atom is 0.264 e. The highest BCUT2D eigenvalue weighted by molar-refractivity contribution is 6.30. The average Bonchev–Trinajstić information content (AvgIpc) is 3.10. The highest BCUT2D eigenvalue weighted by Crippen LogP contribution is 2.18. The Labute approximate surface area is 171 Å². The molecular formula is C21H18ClN5O2. The van der Waals surface area contributed by atoms with Crippen molar-refractivity contribution in [1.29, 1.82) is 0 Å². The van der Waals surface area contributed by atoms with Gasteiger partial charge in [-0.2, -0.15) is 5.10 Å². The van der Waals surface area contributed by atoms with Gasteiger partial charge in [0.05, 0.1) is 11.9 Å². The van der Waals surface area contributed by atoms with Gasteiger partial charge in [-0.1, -0.05) is 29.3 Å². The number of carbonyl (C=O) groups is 1. The van der Waals surface area contributed by atoms with Crippen molar-refractivity contribution in [3.05, 3.63) is 81.5 Å². The molecule has 29 heavy (non-hydrogen) atoms. The van der Waals surface area contributed by atoms with Crippen LogP contribution in [0.2, 0.25) is 5.02 Å². The van der Waals surface area contributed by atoms with Gasteiger partial charge in [0, 0.05) is 10.7 Å². The van der Waals surface area contributed by atoms with Gasteiger partial charge in [0.25, 0.3) is 5.56 Å². The molecule has 0 saturated heterocycles. The van der Waals surface area contributed by atoms with Crippen LogP contribution in [-0.4, -0.2) is 25.2 Å². The van der Waals surface area contributed by atoms with Crippen LogP contribution in [0.3, 0.4) is 0 Å². The zero-order chi connectivity index (χ0) is 20.5. The second kappa shape index (κ2) is 7.52. The molecule has 0 aliphatic heterocycles. The smallest absolute Gasteiger partial charge is 0.264 e. The number of nitrogens with zero attached hydrogens (tertiary/aromatic N) is 4. The van der Waals surface area contributed by atoms with Crippen molar-refractivity contribution in [3.8, 4) is 5.69 Å². The molecule has 0 spiro atoms. The summed E-state index contributed by atoms with van der Waals surface area (Å²) in [7, 11) is 0. The van der Waals surface area contributed by atoms with Gasteiger partial charge in [0.1, 0.15) is 18.3 Å². The van der Waals surface area contributed by atoms with Crippen molar-refractivity contribution < 1.29 is 4.79 Å². The van der Waals surface area contributed by atoms with E-state index in [1.807, 2.05) is 32.0 Å². The largest absolute Gasteiger partial charge is 0.325 e. The second-order valence-electron chi connectivity index (χ2n) is 6.82. The quantitative estimate of drug-likeness (QED) is 0.561. The number of benzene rings is 2. The van der Waals surface area contributed by atoms with E-state index in [0.29, 0.717) is 21.7 Å². The first kappa shape index (κ1) is 18.9. The summed E-state index contributed by atoms with van der Waals surface area (Å²) in [6.07, 6.45) is 2.85. The zero-order valence-corrected chi connectivity index (χ0v) is 16.6. The number of rotatable bonds is 4. The highest BCUT2D eigenvalue weighted by Gasteiger charge is 2.14. The minimum Gasteiger partial charge on any atom is -0.325 e. The summed E-state index contributed by atoms with van der Waals surface area (Å²) in [5.41, 5.74) is 3.77. The number of carbonyl (C=O) groups excluding carboxylic acids is 1. The van der Waals surface area contributed by atoms with Crippen molar-refractivity contribution in [2.75, 3.05) is 5.32 Å². The Hall–Kier alpha value is -3.45. The van der Waals surface area contributed by atoms with Crippen molar-refractivity contribution in [2.45, 2.75) is 20.4 Å². The molecular weight excluding hydrogens is 390 g/mol. The maximum atomic E-state index is 12.8. The monoisotopic (exact) mass is 407 g/mol. The molecule has 7 nitrogen and oxygen atoms in total. The number of nitrogens with one attached hydrogen (secondary N) is 1. The molecule has 2 aromatic heterocycles. The van der Waals surface area contributed by atoms with E-state index in [-0.39, 0.29) is 18.0 Å². The molecule has 2 aromatic carbocycles. The first-order chi connectivity index (χ1) is 13.9. The van der Waals surface area contributed by atoms with Crippen molar-refractivity contribution in [1.82, 2.24) is 19.3 Å². The SMILES string of the molecule is Cc1ccc(-n2ncc3c(=O)n(CC(=O)Nc4ccc(Cl)cc4)cnc32)c(C)c1. The van der Waals surface area contributed by atoms with Gasteiger partial charge >= 0.3 is 0 Å². The Morgan fingerprint density at radius 1 is 1.14 bits per heavy atom. The van der Waals surface area contributed by atoms with Crippen LogP contribution in [0.25, 0.3) is 16.7 Å². The van der Waals surface area contributed by atoms with E-state index in [0.717, 1.165) is 16.8 Å². The van der Waals surface area contributed by atoms with E-state index in [4.69, 9.17) is 11.6 Å². The van der Waals surface area contributed by atoms with Gasteiger partial charge in [-0.05, 0) is 49.7 Å². The fourth-order valence-corrected chi connectivity index (χ4v) is 3.30. The molecule has 4 rings (SSSR count). The van der Waals surface area contributed by atoms with Gasteiger partial charge in [0.2, 0.25) is 5.91 Å². The lowest BCUT2D eigenvalue weighted by atomic mass is 10.1. The lowest BCUT2D eigenvalue weighted by Gasteiger charge is -2.09. The molecule has 0 aliphatic rings. The molecule has 0 unspecified atom stereocenters. The molecule has 0 atom stereocenters. The first-order valence-electron chi connectivity index (χ1n) is 8.98. The van der Waals surface area contributed by atoms with Gasteiger partial charge in [-0.15, -0.1) is 0 Å². The number of amides is 1. The van der Waals surface area contributed by atoms with Crippen LogP contribution < -0.4 is 10.9 Å². The summed E-state index contributed by atoms with van der Waals surface area (Å²) in [5.74, 6) is -0.336. The molecule has 8 heteroatoms. The fraction of sp³-hybridized carbons (Fsp3) is 0.143. The molecule has 2 heterocycles. The predicted octanol–water partition coefficient (Wildman–Crippen LogP) is 3.49. The van der Waals surface area contributed by atoms with Gasteiger partial charge in [0.15, 0.2) is 5.65 Å². The molecule has 146 valence electrons.